The highest BCUT2D eigenvalue weighted by molar-refractivity contribution is 7.98. The fourth-order valence-electron chi connectivity index (χ4n) is 2.31. The van der Waals surface area contributed by atoms with E-state index in [1.165, 1.54) is 11.8 Å². The SMILES string of the molecule is CSCCC(NC(=O)C(N)C(C)C)C(=O)NC(CS)C(=O)NC(C(=O)O)C(C)C. The van der Waals surface area contributed by atoms with Crippen LogP contribution in [0.15, 0.2) is 0 Å². The molecule has 0 aliphatic rings. The summed E-state index contributed by atoms with van der Waals surface area (Å²) in [5.74, 6) is -2.65. The number of nitrogens with one attached hydrogen (secondary N) is 3. The number of carboxylic acids is 1. The van der Waals surface area contributed by atoms with Crippen molar-refractivity contribution in [2.24, 2.45) is 17.6 Å². The van der Waals surface area contributed by atoms with Gasteiger partial charge in [0.15, 0.2) is 0 Å². The van der Waals surface area contributed by atoms with Crippen LogP contribution in [0.3, 0.4) is 0 Å². The van der Waals surface area contributed by atoms with E-state index in [4.69, 9.17) is 5.73 Å². The van der Waals surface area contributed by atoms with E-state index >= 15 is 0 Å². The lowest BCUT2D eigenvalue weighted by atomic mass is 10.0. The Balaban J connectivity index is 5.19. The van der Waals surface area contributed by atoms with Gasteiger partial charge < -0.3 is 26.8 Å². The van der Waals surface area contributed by atoms with Crippen LogP contribution in [0.4, 0.5) is 0 Å². The number of carboxylic acid groups (broad SMARTS) is 1. The molecule has 9 nitrogen and oxygen atoms in total. The number of carbonyl (C=O) groups excluding carboxylic acids is 3. The number of aliphatic carboxylic acids is 1. The first-order valence-electron chi connectivity index (χ1n) is 9.45. The zero-order valence-corrected chi connectivity index (χ0v) is 19.3. The van der Waals surface area contributed by atoms with Crippen molar-refractivity contribution in [2.75, 3.05) is 17.8 Å². The van der Waals surface area contributed by atoms with Crippen molar-refractivity contribution < 1.29 is 24.3 Å². The van der Waals surface area contributed by atoms with Crippen molar-refractivity contribution in [1.82, 2.24) is 16.0 Å². The fourth-order valence-corrected chi connectivity index (χ4v) is 3.04. The van der Waals surface area contributed by atoms with E-state index < -0.39 is 47.9 Å². The summed E-state index contributed by atoms with van der Waals surface area (Å²) in [5.41, 5.74) is 5.84. The monoisotopic (exact) mass is 450 g/mol. The average molecular weight is 451 g/mol. The van der Waals surface area contributed by atoms with E-state index in [1.54, 1.807) is 27.7 Å². The average Bonchev–Trinajstić information content (AvgIpc) is 2.65. The van der Waals surface area contributed by atoms with Crippen LogP contribution in [0.25, 0.3) is 0 Å². The Bertz CT molecular complexity index is 574. The summed E-state index contributed by atoms with van der Waals surface area (Å²) in [4.78, 5) is 48.7. The Morgan fingerprint density at radius 1 is 0.931 bits per heavy atom. The Hall–Kier alpha value is -1.46. The third-order valence-corrected chi connectivity index (χ3v) is 5.32. The quantitative estimate of drug-likeness (QED) is 0.214. The normalized spacial score (nSPS) is 15.3. The summed E-state index contributed by atoms with van der Waals surface area (Å²) in [6.07, 6.45) is 2.23. The maximum absolute atomic E-state index is 12.7. The van der Waals surface area contributed by atoms with E-state index in [-0.39, 0.29) is 17.6 Å². The van der Waals surface area contributed by atoms with E-state index in [2.05, 4.69) is 28.6 Å². The molecule has 0 aliphatic carbocycles. The second-order valence-corrected chi connectivity index (χ2v) is 8.78. The maximum atomic E-state index is 12.7. The minimum atomic E-state index is -1.16. The highest BCUT2D eigenvalue weighted by Gasteiger charge is 2.30. The molecule has 0 saturated carbocycles. The molecular formula is C18H34N4O5S2. The molecule has 0 aromatic carbocycles. The number of nitrogens with two attached hydrogens (primary N) is 1. The van der Waals surface area contributed by atoms with Gasteiger partial charge in [-0.1, -0.05) is 27.7 Å². The van der Waals surface area contributed by atoms with Crippen molar-refractivity contribution >= 4 is 48.1 Å². The van der Waals surface area contributed by atoms with E-state index in [9.17, 15) is 24.3 Å². The molecular weight excluding hydrogens is 416 g/mol. The number of carbonyl (C=O) groups is 4. The maximum Gasteiger partial charge on any atom is 0.326 e. The molecule has 29 heavy (non-hydrogen) atoms. The number of hydrogen-bond donors (Lipinski definition) is 6. The van der Waals surface area contributed by atoms with Crippen LogP contribution in [0.5, 0.6) is 0 Å². The molecule has 0 radical (unpaired) electrons. The van der Waals surface area contributed by atoms with Crippen LogP contribution in [0.2, 0.25) is 0 Å². The summed E-state index contributed by atoms with van der Waals surface area (Å²) in [6.45, 7) is 6.94. The second-order valence-electron chi connectivity index (χ2n) is 7.42. The molecule has 0 saturated heterocycles. The van der Waals surface area contributed by atoms with Gasteiger partial charge in [-0.15, -0.1) is 0 Å². The highest BCUT2D eigenvalue weighted by Crippen LogP contribution is 2.06. The van der Waals surface area contributed by atoms with Crippen molar-refractivity contribution in [3.05, 3.63) is 0 Å². The summed E-state index contributed by atoms with van der Waals surface area (Å²) >= 11 is 5.60. The second kappa shape index (κ2) is 13.7. The van der Waals surface area contributed by atoms with Gasteiger partial charge in [0.25, 0.3) is 0 Å². The van der Waals surface area contributed by atoms with E-state index in [0.717, 1.165) is 0 Å². The number of hydrogen-bond acceptors (Lipinski definition) is 7. The third-order valence-electron chi connectivity index (χ3n) is 4.31. The van der Waals surface area contributed by atoms with Crippen LogP contribution < -0.4 is 21.7 Å². The molecule has 3 amide bonds. The van der Waals surface area contributed by atoms with Crippen LogP contribution >= 0.6 is 24.4 Å². The van der Waals surface area contributed by atoms with E-state index in [0.29, 0.717) is 12.2 Å². The lowest BCUT2D eigenvalue weighted by Crippen LogP contribution is -2.58. The first-order valence-corrected chi connectivity index (χ1v) is 11.5. The zero-order valence-electron chi connectivity index (χ0n) is 17.6. The van der Waals surface area contributed by atoms with Gasteiger partial charge in [0.1, 0.15) is 18.1 Å². The first kappa shape index (κ1) is 27.5. The topological polar surface area (TPSA) is 151 Å². The molecule has 168 valence electrons. The minimum Gasteiger partial charge on any atom is -0.480 e. The van der Waals surface area contributed by atoms with Crippen molar-refractivity contribution in [3.63, 3.8) is 0 Å². The van der Waals surface area contributed by atoms with Crippen molar-refractivity contribution in [3.8, 4) is 0 Å². The van der Waals surface area contributed by atoms with Gasteiger partial charge in [0, 0.05) is 5.75 Å². The van der Waals surface area contributed by atoms with Crippen LogP contribution in [0, 0.1) is 11.8 Å². The Labute approximate surface area is 182 Å². The third kappa shape index (κ3) is 9.72. The van der Waals surface area contributed by atoms with Crippen molar-refractivity contribution in [1.29, 1.82) is 0 Å². The Morgan fingerprint density at radius 2 is 1.45 bits per heavy atom. The molecule has 0 bridgehead atoms. The number of rotatable bonds is 13. The molecule has 4 unspecified atom stereocenters. The van der Waals surface area contributed by atoms with Crippen LogP contribution in [-0.4, -0.2) is 70.7 Å². The largest absolute Gasteiger partial charge is 0.480 e. The van der Waals surface area contributed by atoms with Crippen LogP contribution in [-0.2, 0) is 19.2 Å². The molecule has 0 fully saturated rings. The van der Waals surface area contributed by atoms with Crippen molar-refractivity contribution in [2.45, 2.75) is 58.3 Å². The number of thiol groups is 1. The van der Waals surface area contributed by atoms with Gasteiger partial charge in [-0.05, 0) is 30.3 Å². The first-order chi connectivity index (χ1) is 13.5. The molecule has 0 rings (SSSR count). The van der Waals surface area contributed by atoms with Crippen LogP contribution in [0.1, 0.15) is 34.1 Å². The van der Waals surface area contributed by atoms with Gasteiger partial charge in [-0.25, -0.2) is 4.79 Å². The predicted molar refractivity (Wildman–Crippen MR) is 118 cm³/mol. The molecule has 0 aromatic rings. The summed E-state index contributed by atoms with van der Waals surface area (Å²) in [6, 6.07) is -3.75. The van der Waals surface area contributed by atoms with Gasteiger partial charge in [0.2, 0.25) is 17.7 Å². The number of thioether (sulfide) groups is 1. The predicted octanol–water partition coefficient (Wildman–Crippen LogP) is -0.152. The standard InChI is InChI=1S/C18H34N4O5S2/c1-9(2)13(19)17(25)20-11(6-7-29-5)15(23)21-12(8-28)16(24)22-14(10(3)4)18(26)27/h9-14,28H,6-8,19H2,1-5H3,(H,20,25)(H,21,23)(H,22,24)(H,26,27). The summed E-state index contributed by atoms with van der Waals surface area (Å²) in [5, 5.41) is 16.8. The smallest absolute Gasteiger partial charge is 0.326 e. The Kier molecular flexibility index (Phi) is 13.0. The van der Waals surface area contributed by atoms with Gasteiger partial charge in [-0.2, -0.15) is 24.4 Å². The zero-order chi connectivity index (χ0) is 22.7. The van der Waals surface area contributed by atoms with E-state index in [1.807, 2.05) is 6.26 Å². The molecule has 0 aliphatic heterocycles. The minimum absolute atomic E-state index is 0.0310. The summed E-state index contributed by atoms with van der Waals surface area (Å²) < 4.78 is 0. The highest BCUT2D eigenvalue weighted by atomic mass is 32.2. The Morgan fingerprint density at radius 3 is 1.86 bits per heavy atom. The summed E-state index contributed by atoms with van der Waals surface area (Å²) in [7, 11) is 0. The van der Waals surface area contributed by atoms with Gasteiger partial charge >= 0.3 is 5.97 Å². The molecule has 6 N–H and O–H groups in total. The molecule has 0 heterocycles. The fraction of sp³-hybridized carbons (Fsp3) is 0.778. The molecule has 4 atom stereocenters. The lowest BCUT2D eigenvalue weighted by molar-refractivity contribution is -0.143. The van der Waals surface area contributed by atoms with Gasteiger partial charge in [0.05, 0.1) is 6.04 Å². The number of amides is 3. The molecule has 11 heteroatoms. The molecule has 0 spiro atoms. The lowest BCUT2D eigenvalue weighted by Gasteiger charge is -2.25. The van der Waals surface area contributed by atoms with Gasteiger partial charge in [-0.3, -0.25) is 14.4 Å². The molecule has 0 aromatic heterocycles.